The molecule has 3 nitrogen and oxygen atoms in total. The molecule has 0 saturated heterocycles. The summed E-state index contributed by atoms with van der Waals surface area (Å²) >= 11 is 0. The maximum absolute atomic E-state index is 10.4. The van der Waals surface area contributed by atoms with Gasteiger partial charge in [-0.2, -0.15) is 0 Å². The minimum Gasteiger partial charge on any atom is -0.316 e. The van der Waals surface area contributed by atoms with Crippen LogP contribution < -0.4 is 10.0 Å². The minimum absolute atomic E-state index is 0.383. The molecule has 0 spiro atoms. The average Bonchev–Trinajstić information content (AvgIpc) is 1.83. The van der Waals surface area contributed by atoms with E-state index in [-0.39, 0.29) is 0 Å². The van der Waals surface area contributed by atoms with Crippen molar-refractivity contribution in [2.75, 3.05) is 19.8 Å². The highest BCUT2D eigenvalue weighted by Gasteiger charge is 1.96. The van der Waals surface area contributed by atoms with Crippen molar-refractivity contribution >= 4 is 11.0 Å². The van der Waals surface area contributed by atoms with Crippen LogP contribution in [-0.2, 0) is 11.0 Å². The van der Waals surface area contributed by atoms with Crippen molar-refractivity contribution in [3.8, 4) is 0 Å². The molecule has 2 N–H and O–H groups in total. The summed E-state index contributed by atoms with van der Waals surface area (Å²) in [5, 5.41) is 3.02. The second kappa shape index (κ2) is 4.90. The van der Waals surface area contributed by atoms with Gasteiger partial charge in [-0.1, -0.05) is 0 Å². The molecule has 0 rings (SSSR count). The second-order valence-corrected chi connectivity index (χ2v) is 3.19. The fourth-order valence-electron chi connectivity index (χ4n) is 0.344. The third kappa shape index (κ3) is 5.95. The molecule has 0 aliphatic rings. The van der Waals surface area contributed by atoms with E-state index in [1.807, 2.05) is 14.0 Å². The summed E-state index contributed by atoms with van der Waals surface area (Å²) in [6, 6.07) is 0.383. The Morgan fingerprint density at radius 2 is 2.22 bits per heavy atom. The molecule has 2 atom stereocenters. The molecular formula is C5H14N2OS. The maximum atomic E-state index is 10.4. The van der Waals surface area contributed by atoms with E-state index < -0.39 is 11.0 Å². The number of nitrogens with one attached hydrogen (secondary N) is 2. The van der Waals surface area contributed by atoms with E-state index in [9.17, 15) is 4.21 Å². The van der Waals surface area contributed by atoms with E-state index in [4.69, 9.17) is 0 Å². The van der Waals surface area contributed by atoms with Gasteiger partial charge in [-0.15, -0.1) is 0 Å². The summed E-state index contributed by atoms with van der Waals surface area (Å²) in [4.78, 5) is 0. The van der Waals surface area contributed by atoms with E-state index in [1.165, 1.54) is 0 Å². The van der Waals surface area contributed by atoms with Crippen LogP contribution in [0, 0.1) is 0 Å². The first-order valence-electron chi connectivity index (χ1n) is 2.91. The number of hydrogen-bond donors (Lipinski definition) is 2. The smallest absolute Gasteiger partial charge is 0.0884 e. The van der Waals surface area contributed by atoms with Crippen LogP contribution in [0.15, 0.2) is 0 Å². The third-order valence-corrected chi connectivity index (χ3v) is 1.66. The molecule has 4 heteroatoms. The van der Waals surface area contributed by atoms with Gasteiger partial charge in [0.15, 0.2) is 0 Å². The van der Waals surface area contributed by atoms with Crippen LogP contribution in [0.4, 0.5) is 0 Å². The molecule has 9 heavy (non-hydrogen) atoms. The van der Waals surface area contributed by atoms with E-state index in [1.54, 1.807) is 6.26 Å². The van der Waals surface area contributed by atoms with Crippen LogP contribution in [0.25, 0.3) is 0 Å². The quantitative estimate of drug-likeness (QED) is 0.566. The lowest BCUT2D eigenvalue weighted by Crippen LogP contribution is -2.34. The molecule has 0 aliphatic heterocycles. The van der Waals surface area contributed by atoms with Crippen molar-refractivity contribution in [2.24, 2.45) is 0 Å². The lowest BCUT2D eigenvalue weighted by Gasteiger charge is -2.08. The lowest BCUT2D eigenvalue weighted by atomic mass is 10.4. The highest BCUT2D eigenvalue weighted by atomic mass is 32.2. The zero-order valence-corrected chi connectivity index (χ0v) is 6.92. The highest BCUT2D eigenvalue weighted by molar-refractivity contribution is 7.82. The molecule has 0 aromatic carbocycles. The van der Waals surface area contributed by atoms with Gasteiger partial charge < -0.3 is 5.32 Å². The molecule has 0 saturated carbocycles. The van der Waals surface area contributed by atoms with Gasteiger partial charge in [0.1, 0.15) is 0 Å². The molecular weight excluding hydrogens is 136 g/mol. The highest BCUT2D eigenvalue weighted by Crippen LogP contribution is 1.74. The average molecular weight is 150 g/mol. The molecule has 0 amide bonds. The summed E-state index contributed by atoms with van der Waals surface area (Å²) in [7, 11) is 1.00. The van der Waals surface area contributed by atoms with Gasteiger partial charge in [0, 0.05) is 18.8 Å². The van der Waals surface area contributed by atoms with Crippen molar-refractivity contribution < 1.29 is 4.21 Å². The molecule has 2 unspecified atom stereocenters. The van der Waals surface area contributed by atoms with Crippen molar-refractivity contribution in [1.29, 1.82) is 0 Å². The van der Waals surface area contributed by atoms with Crippen LogP contribution in [0.3, 0.4) is 0 Å². The normalized spacial score (nSPS) is 17.2. The van der Waals surface area contributed by atoms with Crippen molar-refractivity contribution in [2.45, 2.75) is 13.0 Å². The maximum Gasteiger partial charge on any atom is 0.0884 e. The predicted molar refractivity (Wildman–Crippen MR) is 40.6 cm³/mol. The van der Waals surface area contributed by atoms with E-state index >= 15 is 0 Å². The van der Waals surface area contributed by atoms with Gasteiger partial charge in [-0.05, 0) is 14.0 Å². The predicted octanol–water partition coefficient (Wildman–Crippen LogP) is -0.523. The number of rotatable bonds is 4. The monoisotopic (exact) mass is 150 g/mol. The molecule has 0 aliphatic carbocycles. The Labute approximate surface area is 58.8 Å². The second-order valence-electron chi connectivity index (χ2n) is 1.99. The number of likely N-dealkylation sites (N-methyl/N-ethyl adjacent to an activating group) is 1. The Hall–Kier alpha value is 0.0700. The summed E-state index contributed by atoms with van der Waals surface area (Å²) in [5.74, 6) is 0. The van der Waals surface area contributed by atoms with E-state index in [0.717, 1.165) is 6.54 Å². The Balaban J connectivity index is 3.16. The molecule has 0 aromatic rings. The van der Waals surface area contributed by atoms with Gasteiger partial charge in [0.2, 0.25) is 0 Å². The van der Waals surface area contributed by atoms with Crippen LogP contribution in [-0.4, -0.2) is 30.1 Å². The number of hydrogen-bond acceptors (Lipinski definition) is 2. The zero-order chi connectivity index (χ0) is 7.28. The van der Waals surface area contributed by atoms with E-state index in [2.05, 4.69) is 10.0 Å². The first-order valence-corrected chi connectivity index (χ1v) is 4.46. The van der Waals surface area contributed by atoms with Crippen molar-refractivity contribution in [3.63, 3.8) is 0 Å². The fourth-order valence-corrected chi connectivity index (χ4v) is 0.829. The molecule has 0 aromatic heterocycles. The van der Waals surface area contributed by atoms with Crippen molar-refractivity contribution in [1.82, 2.24) is 10.0 Å². The Morgan fingerprint density at radius 1 is 1.67 bits per heavy atom. The molecule has 0 heterocycles. The van der Waals surface area contributed by atoms with Gasteiger partial charge in [-0.3, -0.25) is 0 Å². The molecule has 56 valence electrons. The molecule has 0 radical (unpaired) electrons. The van der Waals surface area contributed by atoms with Crippen molar-refractivity contribution in [3.05, 3.63) is 0 Å². The third-order valence-electron chi connectivity index (χ3n) is 1.09. The van der Waals surface area contributed by atoms with Crippen LogP contribution in [0.2, 0.25) is 0 Å². The standard InChI is InChI=1S/C5H14N2OS/c1-5(6-2)4-7-9(3)8/h5-7H,4H2,1-3H3. The molecule has 0 bridgehead atoms. The first kappa shape index (κ1) is 9.07. The zero-order valence-electron chi connectivity index (χ0n) is 6.10. The largest absolute Gasteiger partial charge is 0.316 e. The fraction of sp³-hybridized carbons (Fsp3) is 1.00. The van der Waals surface area contributed by atoms with Crippen LogP contribution >= 0.6 is 0 Å². The van der Waals surface area contributed by atoms with Crippen LogP contribution in [0.1, 0.15) is 6.92 Å². The Bertz CT molecular complexity index is 97.0. The Morgan fingerprint density at radius 3 is 2.56 bits per heavy atom. The van der Waals surface area contributed by atoms with Gasteiger partial charge in [0.25, 0.3) is 0 Å². The summed E-state index contributed by atoms with van der Waals surface area (Å²) in [6.45, 7) is 2.78. The first-order chi connectivity index (χ1) is 4.16. The Kier molecular flexibility index (Phi) is 4.94. The SMILES string of the molecule is CNC(C)CNS(C)=O. The van der Waals surface area contributed by atoms with Gasteiger partial charge in [0.05, 0.1) is 11.0 Å². The van der Waals surface area contributed by atoms with Gasteiger partial charge >= 0.3 is 0 Å². The lowest BCUT2D eigenvalue weighted by molar-refractivity contribution is 0.594. The van der Waals surface area contributed by atoms with E-state index in [0.29, 0.717) is 6.04 Å². The van der Waals surface area contributed by atoms with Crippen LogP contribution in [0.5, 0.6) is 0 Å². The summed E-state index contributed by atoms with van der Waals surface area (Å²) in [5.41, 5.74) is 0. The molecule has 0 fully saturated rings. The minimum atomic E-state index is -0.878. The topological polar surface area (TPSA) is 41.1 Å². The van der Waals surface area contributed by atoms with Gasteiger partial charge in [-0.25, -0.2) is 8.93 Å². The summed E-state index contributed by atoms with van der Waals surface area (Å²) < 4.78 is 13.2. The summed E-state index contributed by atoms with van der Waals surface area (Å²) in [6.07, 6.45) is 1.63.